The Kier molecular flexibility index (Phi) is 4.45. The number of nitrogens with one attached hydrogen (secondary N) is 1. The molecule has 1 aromatic carbocycles. The van der Waals surface area contributed by atoms with Gasteiger partial charge in [-0.05, 0) is 30.0 Å². The van der Waals surface area contributed by atoms with Crippen LogP contribution >= 0.6 is 22.9 Å². The molecule has 0 aliphatic carbocycles. The SMILES string of the molecule is Cc1ccccc1OCC(=O)Nc1nc(-c2cccs2)ns1. The number of ether oxygens (including phenoxy) is 1. The Balaban J connectivity index is 1.57. The minimum Gasteiger partial charge on any atom is -0.483 e. The van der Waals surface area contributed by atoms with Crippen LogP contribution in [-0.4, -0.2) is 21.9 Å². The van der Waals surface area contributed by atoms with Crippen LogP contribution in [0.5, 0.6) is 5.75 Å². The first-order valence-corrected chi connectivity index (χ1v) is 8.23. The van der Waals surface area contributed by atoms with Gasteiger partial charge in [0.15, 0.2) is 12.4 Å². The highest BCUT2D eigenvalue weighted by Crippen LogP contribution is 2.25. The highest BCUT2D eigenvalue weighted by Gasteiger charge is 2.11. The average Bonchev–Trinajstić information content (AvgIpc) is 3.17. The van der Waals surface area contributed by atoms with Crippen LogP contribution in [0.2, 0.25) is 0 Å². The molecule has 0 saturated carbocycles. The molecule has 0 aliphatic heterocycles. The molecule has 0 aliphatic rings. The van der Waals surface area contributed by atoms with Crippen molar-refractivity contribution < 1.29 is 9.53 Å². The van der Waals surface area contributed by atoms with Gasteiger partial charge in [-0.3, -0.25) is 10.1 Å². The predicted octanol–water partition coefficient (Wildman–Crippen LogP) is 3.59. The van der Waals surface area contributed by atoms with Gasteiger partial charge in [0.25, 0.3) is 5.91 Å². The molecule has 1 amide bonds. The Morgan fingerprint density at radius 2 is 2.14 bits per heavy atom. The number of amides is 1. The summed E-state index contributed by atoms with van der Waals surface area (Å²) >= 11 is 2.72. The molecule has 0 spiro atoms. The van der Waals surface area contributed by atoms with Gasteiger partial charge in [-0.1, -0.05) is 24.3 Å². The molecular formula is C15H13N3O2S2. The molecule has 1 N–H and O–H groups in total. The average molecular weight is 331 g/mol. The van der Waals surface area contributed by atoms with E-state index in [0.29, 0.717) is 16.7 Å². The first-order valence-electron chi connectivity index (χ1n) is 6.58. The van der Waals surface area contributed by atoms with Crippen LogP contribution in [0, 0.1) is 6.92 Å². The van der Waals surface area contributed by atoms with Gasteiger partial charge in [-0.25, -0.2) is 0 Å². The van der Waals surface area contributed by atoms with E-state index in [1.54, 1.807) is 11.3 Å². The second-order valence-electron chi connectivity index (χ2n) is 4.50. The third-order valence-electron chi connectivity index (χ3n) is 2.87. The molecule has 0 bridgehead atoms. The minimum atomic E-state index is -0.253. The lowest BCUT2D eigenvalue weighted by molar-refractivity contribution is -0.118. The molecule has 2 heterocycles. The van der Waals surface area contributed by atoms with Gasteiger partial charge in [0, 0.05) is 11.5 Å². The lowest BCUT2D eigenvalue weighted by Crippen LogP contribution is -2.20. The van der Waals surface area contributed by atoms with Gasteiger partial charge in [0.05, 0.1) is 4.88 Å². The maximum Gasteiger partial charge on any atom is 0.264 e. The maximum absolute atomic E-state index is 11.9. The smallest absolute Gasteiger partial charge is 0.264 e. The van der Waals surface area contributed by atoms with Crippen molar-refractivity contribution in [2.24, 2.45) is 0 Å². The lowest BCUT2D eigenvalue weighted by Gasteiger charge is -2.07. The van der Waals surface area contributed by atoms with Crippen molar-refractivity contribution in [2.75, 3.05) is 11.9 Å². The summed E-state index contributed by atoms with van der Waals surface area (Å²) in [5, 5.41) is 5.14. The van der Waals surface area contributed by atoms with Crippen molar-refractivity contribution in [2.45, 2.75) is 6.92 Å². The van der Waals surface area contributed by atoms with Gasteiger partial charge in [-0.2, -0.15) is 9.36 Å². The van der Waals surface area contributed by atoms with Crippen LogP contribution < -0.4 is 10.1 Å². The molecule has 0 atom stereocenters. The fraction of sp³-hybridized carbons (Fsp3) is 0.133. The first kappa shape index (κ1) is 14.7. The number of anilines is 1. The Bertz CT molecular complexity index is 769. The zero-order chi connectivity index (χ0) is 15.4. The number of hydrogen-bond donors (Lipinski definition) is 1. The normalized spacial score (nSPS) is 10.4. The number of para-hydroxylation sites is 1. The molecule has 2 aromatic heterocycles. The summed E-state index contributed by atoms with van der Waals surface area (Å²) in [6.07, 6.45) is 0. The summed E-state index contributed by atoms with van der Waals surface area (Å²) in [4.78, 5) is 17.2. The van der Waals surface area contributed by atoms with E-state index in [9.17, 15) is 4.79 Å². The zero-order valence-electron chi connectivity index (χ0n) is 11.8. The van der Waals surface area contributed by atoms with Gasteiger partial charge in [0.2, 0.25) is 5.13 Å². The van der Waals surface area contributed by atoms with Crippen LogP contribution in [0.15, 0.2) is 41.8 Å². The van der Waals surface area contributed by atoms with Crippen molar-refractivity contribution >= 4 is 33.9 Å². The number of nitrogens with zero attached hydrogens (tertiary/aromatic N) is 2. The number of rotatable bonds is 5. The summed E-state index contributed by atoms with van der Waals surface area (Å²) in [7, 11) is 0. The van der Waals surface area contributed by atoms with E-state index < -0.39 is 0 Å². The van der Waals surface area contributed by atoms with E-state index in [2.05, 4.69) is 14.7 Å². The molecule has 3 rings (SSSR count). The summed E-state index contributed by atoms with van der Waals surface area (Å²) in [6.45, 7) is 1.88. The van der Waals surface area contributed by atoms with Crippen LogP contribution in [0.1, 0.15) is 5.56 Å². The Morgan fingerprint density at radius 1 is 1.27 bits per heavy atom. The second-order valence-corrected chi connectivity index (χ2v) is 6.20. The predicted molar refractivity (Wildman–Crippen MR) is 88.5 cm³/mol. The number of carbonyl (C=O) groups excluding carboxylic acids is 1. The molecule has 0 saturated heterocycles. The van der Waals surface area contributed by atoms with E-state index in [0.717, 1.165) is 22.0 Å². The van der Waals surface area contributed by atoms with Crippen molar-refractivity contribution in [1.82, 2.24) is 9.36 Å². The molecule has 22 heavy (non-hydrogen) atoms. The second kappa shape index (κ2) is 6.67. The molecule has 0 unspecified atom stereocenters. The minimum absolute atomic E-state index is 0.0568. The van der Waals surface area contributed by atoms with E-state index >= 15 is 0 Å². The van der Waals surface area contributed by atoms with Crippen molar-refractivity contribution in [1.29, 1.82) is 0 Å². The summed E-state index contributed by atoms with van der Waals surface area (Å²) in [6, 6.07) is 11.5. The van der Waals surface area contributed by atoms with Gasteiger partial charge >= 0.3 is 0 Å². The lowest BCUT2D eigenvalue weighted by atomic mass is 10.2. The molecular weight excluding hydrogens is 318 g/mol. The van der Waals surface area contributed by atoms with Gasteiger partial charge < -0.3 is 4.74 Å². The number of benzene rings is 1. The van der Waals surface area contributed by atoms with Crippen molar-refractivity contribution in [3.8, 4) is 16.5 Å². The monoisotopic (exact) mass is 331 g/mol. The largest absolute Gasteiger partial charge is 0.483 e. The molecule has 112 valence electrons. The highest BCUT2D eigenvalue weighted by atomic mass is 32.1. The number of thiophene rings is 1. The Labute approximate surface area is 135 Å². The van der Waals surface area contributed by atoms with Crippen LogP contribution in [0.4, 0.5) is 5.13 Å². The third kappa shape index (κ3) is 3.49. The topological polar surface area (TPSA) is 64.1 Å². The molecule has 0 radical (unpaired) electrons. The summed E-state index contributed by atoms with van der Waals surface area (Å²) in [5.74, 6) is 1.08. The van der Waals surface area contributed by atoms with Crippen molar-refractivity contribution in [3.63, 3.8) is 0 Å². The summed E-state index contributed by atoms with van der Waals surface area (Å²) < 4.78 is 9.73. The van der Waals surface area contributed by atoms with Crippen molar-refractivity contribution in [3.05, 3.63) is 47.3 Å². The standard InChI is InChI=1S/C15H13N3O2S2/c1-10-5-2-3-6-11(10)20-9-13(19)16-15-17-14(18-22-15)12-7-4-8-21-12/h2-8H,9H2,1H3,(H,16,17,18,19). The maximum atomic E-state index is 11.9. The van der Waals surface area contributed by atoms with Crippen LogP contribution in [-0.2, 0) is 4.79 Å². The molecule has 3 aromatic rings. The highest BCUT2D eigenvalue weighted by molar-refractivity contribution is 7.14. The van der Waals surface area contributed by atoms with E-state index in [-0.39, 0.29) is 12.5 Å². The van der Waals surface area contributed by atoms with E-state index in [4.69, 9.17) is 4.74 Å². The van der Waals surface area contributed by atoms with Crippen LogP contribution in [0.3, 0.4) is 0 Å². The number of hydrogen-bond acceptors (Lipinski definition) is 6. The van der Waals surface area contributed by atoms with E-state index in [1.165, 1.54) is 0 Å². The zero-order valence-corrected chi connectivity index (χ0v) is 13.4. The van der Waals surface area contributed by atoms with Gasteiger partial charge in [-0.15, -0.1) is 11.3 Å². The third-order valence-corrected chi connectivity index (χ3v) is 4.36. The summed E-state index contributed by atoms with van der Waals surface area (Å²) in [5.41, 5.74) is 0.992. The van der Waals surface area contributed by atoms with E-state index in [1.807, 2.05) is 48.7 Å². The number of carbonyl (C=O) groups is 1. The van der Waals surface area contributed by atoms with Crippen LogP contribution in [0.25, 0.3) is 10.7 Å². The number of aryl methyl sites for hydroxylation is 1. The first-order chi connectivity index (χ1) is 10.7. The molecule has 7 heteroatoms. The van der Waals surface area contributed by atoms with Gasteiger partial charge in [0.1, 0.15) is 5.75 Å². The quantitative estimate of drug-likeness (QED) is 0.776. The fourth-order valence-corrected chi connectivity index (χ4v) is 3.11. The molecule has 0 fully saturated rings. The Morgan fingerprint density at radius 3 is 2.91 bits per heavy atom. The number of aromatic nitrogens is 2. The Hall–Kier alpha value is -2.25. The fourth-order valence-electron chi connectivity index (χ4n) is 1.80. The molecule has 5 nitrogen and oxygen atoms in total.